The zero-order chi connectivity index (χ0) is 17.3. The summed E-state index contributed by atoms with van der Waals surface area (Å²) in [6.07, 6.45) is 2.38. The molecule has 126 valence electrons. The van der Waals surface area contributed by atoms with Crippen LogP contribution in [0.5, 0.6) is 0 Å². The van der Waals surface area contributed by atoms with Crippen molar-refractivity contribution in [2.24, 2.45) is 17.8 Å². The normalized spacial score (nSPS) is 20.4. The smallest absolute Gasteiger partial charge is 0.282 e. The van der Waals surface area contributed by atoms with Crippen LogP contribution >= 0.6 is 0 Å². The van der Waals surface area contributed by atoms with Crippen molar-refractivity contribution in [1.82, 2.24) is 9.78 Å². The standard InChI is InChI=1S/C17H19FN4O2/c1-17(6-8-24-16(19)20-17)12-9-11(3-4-13(12)18)10-15(23)14-5-7-22(2)21-14/h3-5,7,9H,6,8,10H2,1-2H3,(H2,19,20)/t17-/m0/s1. The van der Waals surface area contributed by atoms with E-state index in [9.17, 15) is 9.18 Å². The van der Waals surface area contributed by atoms with Crippen LogP contribution in [0.1, 0.15) is 35.0 Å². The number of hydrogen-bond acceptors (Lipinski definition) is 5. The zero-order valence-corrected chi connectivity index (χ0v) is 13.6. The predicted molar refractivity (Wildman–Crippen MR) is 87.2 cm³/mol. The highest BCUT2D eigenvalue weighted by Gasteiger charge is 2.33. The maximum Gasteiger partial charge on any atom is 0.282 e. The van der Waals surface area contributed by atoms with Crippen LogP contribution in [0.15, 0.2) is 35.5 Å². The lowest BCUT2D eigenvalue weighted by Crippen LogP contribution is -2.34. The average molecular weight is 330 g/mol. The quantitative estimate of drug-likeness (QED) is 0.869. The number of aromatic nitrogens is 2. The third-order valence-corrected chi connectivity index (χ3v) is 4.17. The van der Waals surface area contributed by atoms with E-state index in [1.54, 1.807) is 36.1 Å². The van der Waals surface area contributed by atoms with E-state index >= 15 is 0 Å². The number of carbonyl (C=O) groups is 1. The van der Waals surface area contributed by atoms with E-state index in [1.165, 1.54) is 6.07 Å². The Kier molecular flexibility index (Phi) is 4.09. The molecule has 2 aromatic rings. The highest BCUT2D eigenvalue weighted by Crippen LogP contribution is 2.34. The van der Waals surface area contributed by atoms with E-state index in [0.29, 0.717) is 29.8 Å². The van der Waals surface area contributed by atoms with E-state index in [0.717, 1.165) is 0 Å². The summed E-state index contributed by atoms with van der Waals surface area (Å²) in [7, 11) is 1.75. The second-order valence-electron chi connectivity index (χ2n) is 6.11. The molecule has 1 aliphatic heterocycles. The summed E-state index contributed by atoms with van der Waals surface area (Å²) < 4.78 is 21.0. The predicted octanol–water partition coefficient (Wildman–Crippen LogP) is 1.93. The molecule has 7 heteroatoms. The molecule has 3 rings (SSSR count). The Morgan fingerprint density at radius 2 is 2.25 bits per heavy atom. The molecule has 1 atom stereocenters. The molecule has 0 saturated heterocycles. The Morgan fingerprint density at radius 3 is 2.92 bits per heavy atom. The number of aliphatic imine (C=N–C) groups is 1. The van der Waals surface area contributed by atoms with Gasteiger partial charge in [-0.25, -0.2) is 9.38 Å². The number of nitrogens with zero attached hydrogens (tertiary/aromatic N) is 3. The largest absolute Gasteiger partial charge is 0.465 e. The maximum absolute atomic E-state index is 14.3. The lowest BCUT2D eigenvalue weighted by molar-refractivity contribution is 0.0987. The van der Waals surface area contributed by atoms with Crippen molar-refractivity contribution < 1.29 is 13.9 Å². The number of hydrogen-bond donors (Lipinski definition) is 1. The summed E-state index contributed by atoms with van der Waals surface area (Å²) in [5.74, 6) is -0.488. The van der Waals surface area contributed by atoms with E-state index < -0.39 is 5.54 Å². The van der Waals surface area contributed by atoms with Gasteiger partial charge in [-0.2, -0.15) is 5.10 Å². The zero-order valence-electron chi connectivity index (χ0n) is 13.6. The van der Waals surface area contributed by atoms with Crippen LogP contribution in [0.3, 0.4) is 0 Å². The van der Waals surface area contributed by atoms with Crippen molar-refractivity contribution in [1.29, 1.82) is 0 Å². The third-order valence-electron chi connectivity index (χ3n) is 4.17. The first kappa shape index (κ1) is 16.2. The minimum Gasteiger partial charge on any atom is -0.465 e. The number of benzene rings is 1. The van der Waals surface area contributed by atoms with Crippen molar-refractivity contribution in [2.75, 3.05) is 6.61 Å². The lowest BCUT2D eigenvalue weighted by atomic mass is 9.87. The Balaban J connectivity index is 1.89. The number of ether oxygens (including phenoxy) is 1. The van der Waals surface area contributed by atoms with Gasteiger partial charge in [-0.05, 0) is 30.7 Å². The fraction of sp³-hybridized carbons (Fsp3) is 0.353. The van der Waals surface area contributed by atoms with Crippen molar-refractivity contribution in [3.05, 3.63) is 53.1 Å². The molecule has 0 saturated carbocycles. The van der Waals surface area contributed by atoms with Crippen LogP contribution in [0.2, 0.25) is 0 Å². The third kappa shape index (κ3) is 3.15. The molecular weight excluding hydrogens is 311 g/mol. The van der Waals surface area contributed by atoms with Gasteiger partial charge in [0.05, 0.1) is 12.1 Å². The summed E-state index contributed by atoms with van der Waals surface area (Å²) in [4.78, 5) is 16.6. The minimum absolute atomic E-state index is 0.0538. The molecule has 0 fully saturated rings. The molecular formula is C17H19FN4O2. The number of ketones is 1. The molecule has 2 heterocycles. The van der Waals surface area contributed by atoms with E-state index in [1.807, 2.05) is 6.92 Å². The van der Waals surface area contributed by atoms with Gasteiger partial charge >= 0.3 is 0 Å². The molecule has 0 unspecified atom stereocenters. The monoisotopic (exact) mass is 330 g/mol. The van der Waals surface area contributed by atoms with Gasteiger partial charge in [-0.15, -0.1) is 0 Å². The van der Waals surface area contributed by atoms with Crippen LogP contribution in [0.25, 0.3) is 0 Å². The van der Waals surface area contributed by atoms with Gasteiger partial charge in [-0.1, -0.05) is 6.07 Å². The first-order chi connectivity index (χ1) is 11.4. The van der Waals surface area contributed by atoms with Gasteiger partial charge in [-0.3, -0.25) is 9.48 Å². The first-order valence-electron chi connectivity index (χ1n) is 7.67. The van der Waals surface area contributed by atoms with Gasteiger partial charge in [0.25, 0.3) is 6.02 Å². The molecule has 1 aromatic heterocycles. The highest BCUT2D eigenvalue weighted by atomic mass is 19.1. The first-order valence-corrected chi connectivity index (χ1v) is 7.67. The molecule has 1 aliphatic rings. The number of Topliss-reactive ketones (excluding diaryl/α,β-unsaturated/α-hetero) is 1. The topological polar surface area (TPSA) is 82.5 Å². The molecule has 0 aliphatic carbocycles. The van der Waals surface area contributed by atoms with E-state index in [-0.39, 0.29) is 24.0 Å². The molecule has 6 nitrogen and oxygen atoms in total. The van der Waals surface area contributed by atoms with Gasteiger partial charge in [0.2, 0.25) is 0 Å². The number of halogens is 1. The fourth-order valence-electron chi connectivity index (χ4n) is 2.82. The molecule has 2 N–H and O–H groups in total. The second kappa shape index (κ2) is 6.07. The van der Waals surface area contributed by atoms with Crippen LogP contribution in [0, 0.1) is 5.82 Å². The fourth-order valence-corrected chi connectivity index (χ4v) is 2.82. The van der Waals surface area contributed by atoms with Crippen molar-refractivity contribution in [3.63, 3.8) is 0 Å². The van der Waals surface area contributed by atoms with Gasteiger partial charge in [0, 0.05) is 31.6 Å². The van der Waals surface area contributed by atoms with E-state index in [2.05, 4.69) is 10.1 Å². The number of amidine groups is 1. The maximum atomic E-state index is 14.3. The van der Waals surface area contributed by atoms with Crippen LogP contribution in [0.4, 0.5) is 4.39 Å². The minimum atomic E-state index is -0.795. The number of carbonyl (C=O) groups excluding carboxylic acids is 1. The second-order valence-corrected chi connectivity index (χ2v) is 6.11. The Labute approximate surface area is 139 Å². The summed E-state index contributed by atoms with van der Waals surface area (Å²) in [6, 6.07) is 6.37. The van der Waals surface area contributed by atoms with E-state index in [4.69, 9.17) is 10.5 Å². The summed E-state index contributed by atoms with van der Waals surface area (Å²) >= 11 is 0. The SMILES string of the molecule is Cn1ccc(C(=O)Cc2ccc(F)c([C@]3(C)CCOC(N)=N3)c2)n1. The average Bonchev–Trinajstić information content (AvgIpc) is 2.95. The summed E-state index contributed by atoms with van der Waals surface area (Å²) in [5.41, 5.74) is 6.36. The Hall–Kier alpha value is -2.70. The molecule has 24 heavy (non-hydrogen) atoms. The molecule has 1 aromatic carbocycles. The molecule has 0 amide bonds. The van der Waals surface area contributed by atoms with Gasteiger partial charge < -0.3 is 10.5 Å². The molecule has 0 bridgehead atoms. The molecule has 0 spiro atoms. The lowest BCUT2D eigenvalue weighted by Gasteiger charge is -2.30. The Bertz CT molecular complexity index is 815. The Morgan fingerprint density at radius 1 is 1.46 bits per heavy atom. The van der Waals surface area contributed by atoms with Crippen LogP contribution in [-0.2, 0) is 23.7 Å². The van der Waals surface area contributed by atoms with Gasteiger partial charge in [0.1, 0.15) is 11.5 Å². The number of aryl methyl sites for hydroxylation is 1. The highest BCUT2D eigenvalue weighted by molar-refractivity contribution is 5.95. The van der Waals surface area contributed by atoms with Crippen molar-refractivity contribution in [3.8, 4) is 0 Å². The van der Waals surface area contributed by atoms with Crippen LogP contribution < -0.4 is 5.73 Å². The van der Waals surface area contributed by atoms with Crippen molar-refractivity contribution in [2.45, 2.75) is 25.3 Å². The van der Waals surface area contributed by atoms with Crippen LogP contribution in [-0.4, -0.2) is 28.2 Å². The molecule has 0 radical (unpaired) electrons. The summed E-state index contributed by atoms with van der Waals surface area (Å²) in [5, 5.41) is 4.10. The van der Waals surface area contributed by atoms with Crippen molar-refractivity contribution >= 4 is 11.8 Å². The van der Waals surface area contributed by atoms with Gasteiger partial charge in [0.15, 0.2) is 5.78 Å². The summed E-state index contributed by atoms with van der Waals surface area (Å²) in [6.45, 7) is 2.19. The number of nitrogens with two attached hydrogens (primary N) is 1. The number of rotatable bonds is 4.